The fraction of sp³-hybridized carbons (Fsp3) is 0.278. The zero-order chi connectivity index (χ0) is 15.2. The van der Waals surface area contributed by atoms with E-state index in [2.05, 4.69) is 11.4 Å². The predicted octanol–water partition coefficient (Wildman–Crippen LogP) is 4.50. The van der Waals surface area contributed by atoms with E-state index < -0.39 is 0 Å². The zero-order valence-electron chi connectivity index (χ0n) is 12.3. The van der Waals surface area contributed by atoms with Crippen LogP contribution >= 0.6 is 0 Å². The van der Waals surface area contributed by atoms with Crippen LogP contribution in [0.25, 0.3) is 0 Å². The minimum atomic E-state index is -0.177. The number of hydrogen-bond acceptors (Lipinski definition) is 2. The summed E-state index contributed by atoms with van der Waals surface area (Å²) in [5, 5.41) is 12.3. The Morgan fingerprint density at radius 1 is 1.14 bits per heavy atom. The topological polar surface area (TPSA) is 35.8 Å². The van der Waals surface area contributed by atoms with Crippen LogP contribution in [0.5, 0.6) is 0 Å². The van der Waals surface area contributed by atoms with Gasteiger partial charge in [0.05, 0.1) is 11.6 Å². The minimum Gasteiger partial charge on any atom is -0.303 e. The average Bonchev–Trinajstić information content (AvgIpc) is 2.53. The fourth-order valence-electron chi connectivity index (χ4n) is 2.43. The van der Waals surface area contributed by atoms with Crippen molar-refractivity contribution in [2.24, 2.45) is 0 Å². The van der Waals surface area contributed by atoms with E-state index >= 15 is 0 Å². The third-order valence-electron chi connectivity index (χ3n) is 3.68. The van der Waals surface area contributed by atoms with Crippen molar-refractivity contribution in [3.8, 4) is 6.07 Å². The highest BCUT2D eigenvalue weighted by atomic mass is 19.1. The summed E-state index contributed by atoms with van der Waals surface area (Å²) >= 11 is 0. The molecule has 0 spiro atoms. The van der Waals surface area contributed by atoms with Gasteiger partial charge < -0.3 is 5.32 Å². The van der Waals surface area contributed by atoms with Crippen LogP contribution in [0.4, 0.5) is 4.39 Å². The molecule has 108 valence electrons. The third-order valence-corrected chi connectivity index (χ3v) is 3.68. The molecule has 2 aromatic rings. The van der Waals surface area contributed by atoms with E-state index in [4.69, 9.17) is 5.26 Å². The standard InChI is InChI=1S/C18H19FN2/c1-3-18(16-6-4-5-7-17(16)19)21-13(2)15-10-8-14(12-20)9-11-15/h4-11,13,18,21H,3H2,1-2H3. The lowest BCUT2D eigenvalue weighted by atomic mass is 10.0. The Morgan fingerprint density at radius 2 is 1.81 bits per heavy atom. The van der Waals surface area contributed by atoms with Crippen LogP contribution in [0.3, 0.4) is 0 Å². The number of nitriles is 1. The SMILES string of the molecule is CCC(NC(C)c1ccc(C#N)cc1)c1ccccc1F. The number of rotatable bonds is 5. The first-order valence-electron chi connectivity index (χ1n) is 7.16. The summed E-state index contributed by atoms with van der Waals surface area (Å²) < 4.78 is 13.9. The molecule has 2 nitrogen and oxygen atoms in total. The van der Waals surface area contributed by atoms with Gasteiger partial charge in [0.2, 0.25) is 0 Å². The zero-order valence-corrected chi connectivity index (χ0v) is 12.3. The van der Waals surface area contributed by atoms with Gasteiger partial charge >= 0.3 is 0 Å². The van der Waals surface area contributed by atoms with Crippen LogP contribution in [-0.2, 0) is 0 Å². The van der Waals surface area contributed by atoms with Crippen molar-refractivity contribution in [3.05, 3.63) is 71.0 Å². The Balaban J connectivity index is 2.14. The average molecular weight is 282 g/mol. The third kappa shape index (κ3) is 3.68. The summed E-state index contributed by atoms with van der Waals surface area (Å²) in [5.41, 5.74) is 2.43. The van der Waals surface area contributed by atoms with E-state index in [0.717, 1.165) is 12.0 Å². The van der Waals surface area contributed by atoms with Gasteiger partial charge in [-0.3, -0.25) is 0 Å². The monoisotopic (exact) mass is 282 g/mol. The first kappa shape index (κ1) is 15.2. The highest BCUT2D eigenvalue weighted by Crippen LogP contribution is 2.24. The summed E-state index contributed by atoms with van der Waals surface area (Å²) in [6, 6.07) is 16.5. The molecule has 0 aliphatic carbocycles. The van der Waals surface area contributed by atoms with Gasteiger partial charge in [-0.25, -0.2) is 4.39 Å². The normalized spacial score (nSPS) is 13.4. The summed E-state index contributed by atoms with van der Waals surface area (Å²) in [4.78, 5) is 0. The number of benzene rings is 2. The molecule has 0 saturated carbocycles. The van der Waals surface area contributed by atoms with Crippen LogP contribution in [0.1, 0.15) is 49.0 Å². The molecular formula is C18H19FN2. The van der Waals surface area contributed by atoms with E-state index in [0.29, 0.717) is 11.1 Å². The minimum absolute atomic E-state index is 0.0307. The van der Waals surface area contributed by atoms with Crippen LogP contribution < -0.4 is 5.32 Å². The van der Waals surface area contributed by atoms with Gasteiger partial charge in [0.15, 0.2) is 0 Å². The molecule has 0 heterocycles. The van der Waals surface area contributed by atoms with Gasteiger partial charge in [0.1, 0.15) is 5.82 Å². The van der Waals surface area contributed by atoms with Crippen molar-refractivity contribution < 1.29 is 4.39 Å². The van der Waals surface area contributed by atoms with Crippen LogP contribution in [0.2, 0.25) is 0 Å². The van der Waals surface area contributed by atoms with Gasteiger partial charge in [-0.2, -0.15) is 5.26 Å². The van der Waals surface area contributed by atoms with E-state index in [-0.39, 0.29) is 17.9 Å². The number of hydrogen-bond donors (Lipinski definition) is 1. The van der Waals surface area contributed by atoms with Crippen LogP contribution in [0, 0.1) is 17.1 Å². The predicted molar refractivity (Wildman–Crippen MR) is 82.1 cm³/mol. The van der Waals surface area contributed by atoms with Crippen LogP contribution in [-0.4, -0.2) is 0 Å². The molecule has 0 amide bonds. The summed E-state index contributed by atoms with van der Waals surface area (Å²) in [5.74, 6) is -0.177. The van der Waals surface area contributed by atoms with Crippen molar-refractivity contribution in [1.29, 1.82) is 5.26 Å². The molecular weight excluding hydrogens is 263 g/mol. The lowest BCUT2D eigenvalue weighted by Crippen LogP contribution is -2.25. The van der Waals surface area contributed by atoms with Gasteiger partial charge in [-0.1, -0.05) is 37.3 Å². The number of halogens is 1. The molecule has 0 fully saturated rings. The molecule has 21 heavy (non-hydrogen) atoms. The summed E-state index contributed by atoms with van der Waals surface area (Å²) in [6.45, 7) is 4.08. The molecule has 3 heteroatoms. The van der Waals surface area contributed by atoms with E-state index in [9.17, 15) is 4.39 Å². The van der Waals surface area contributed by atoms with E-state index in [1.807, 2.05) is 38.1 Å². The lowest BCUT2D eigenvalue weighted by molar-refractivity contribution is 0.439. The molecule has 0 radical (unpaired) electrons. The maximum Gasteiger partial charge on any atom is 0.127 e. The van der Waals surface area contributed by atoms with Gasteiger partial charge in [-0.15, -0.1) is 0 Å². The summed E-state index contributed by atoms with van der Waals surface area (Å²) in [7, 11) is 0. The Morgan fingerprint density at radius 3 is 2.38 bits per heavy atom. The summed E-state index contributed by atoms with van der Waals surface area (Å²) in [6.07, 6.45) is 0.807. The van der Waals surface area contributed by atoms with E-state index in [1.165, 1.54) is 6.07 Å². The largest absolute Gasteiger partial charge is 0.303 e. The highest BCUT2D eigenvalue weighted by molar-refractivity contribution is 5.33. The first-order chi connectivity index (χ1) is 10.2. The number of nitrogens with zero attached hydrogens (tertiary/aromatic N) is 1. The van der Waals surface area contributed by atoms with Gasteiger partial charge in [0, 0.05) is 17.6 Å². The molecule has 2 atom stereocenters. The lowest BCUT2D eigenvalue weighted by Gasteiger charge is -2.23. The molecule has 2 aromatic carbocycles. The first-order valence-corrected chi connectivity index (χ1v) is 7.16. The van der Waals surface area contributed by atoms with E-state index in [1.54, 1.807) is 18.2 Å². The molecule has 0 saturated heterocycles. The van der Waals surface area contributed by atoms with Crippen molar-refractivity contribution in [2.75, 3.05) is 0 Å². The quantitative estimate of drug-likeness (QED) is 0.876. The Hall–Kier alpha value is -2.18. The Bertz CT molecular complexity index is 628. The number of nitrogens with one attached hydrogen (secondary N) is 1. The fourth-order valence-corrected chi connectivity index (χ4v) is 2.43. The van der Waals surface area contributed by atoms with Crippen molar-refractivity contribution in [2.45, 2.75) is 32.4 Å². The highest BCUT2D eigenvalue weighted by Gasteiger charge is 2.16. The molecule has 2 unspecified atom stereocenters. The molecule has 0 aromatic heterocycles. The van der Waals surface area contributed by atoms with Crippen LogP contribution in [0.15, 0.2) is 48.5 Å². The van der Waals surface area contributed by atoms with Gasteiger partial charge in [0.25, 0.3) is 0 Å². The molecule has 2 rings (SSSR count). The molecule has 0 aliphatic rings. The Kier molecular flexibility index (Phi) is 5.08. The second-order valence-electron chi connectivity index (χ2n) is 5.10. The van der Waals surface area contributed by atoms with Crippen molar-refractivity contribution in [3.63, 3.8) is 0 Å². The second-order valence-corrected chi connectivity index (χ2v) is 5.10. The van der Waals surface area contributed by atoms with Gasteiger partial charge in [-0.05, 0) is 37.1 Å². The Labute approximate surface area is 125 Å². The molecule has 0 bridgehead atoms. The second kappa shape index (κ2) is 7.01. The van der Waals surface area contributed by atoms with Crippen molar-refractivity contribution in [1.82, 2.24) is 5.32 Å². The molecule has 0 aliphatic heterocycles. The maximum absolute atomic E-state index is 13.9. The smallest absolute Gasteiger partial charge is 0.127 e. The molecule has 1 N–H and O–H groups in total. The maximum atomic E-state index is 13.9. The van der Waals surface area contributed by atoms with Crippen molar-refractivity contribution >= 4 is 0 Å².